The van der Waals surface area contributed by atoms with Crippen LogP contribution in [-0.2, 0) is 15.1 Å². The van der Waals surface area contributed by atoms with Crippen LogP contribution in [0.25, 0.3) is 5.82 Å². The monoisotopic (exact) mass is 482 g/mol. The number of rotatable bonds is 3. The average Bonchev–Trinajstić information content (AvgIpc) is 3.43. The minimum atomic E-state index is -5.08. The van der Waals surface area contributed by atoms with Crippen LogP contribution in [0, 0.1) is 5.92 Å². The van der Waals surface area contributed by atoms with Crippen molar-refractivity contribution in [1.82, 2.24) is 14.5 Å². The molecule has 2 aliphatic heterocycles. The molecule has 1 saturated carbocycles. The Balaban J connectivity index is 0.000000344. The third-order valence-corrected chi connectivity index (χ3v) is 6.71. The average molecular weight is 482 g/mol. The van der Waals surface area contributed by atoms with Gasteiger partial charge in [0.2, 0.25) is 5.91 Å². The van der Waals surface area contributed by atoms with E-state index in [0.717, 1.165) is 37.4 Å². The van der Waals surface area contributed by atoms with Gasteiger partial charge in [0.05, 0.1) is 11.4 Å². The molecule has 0 radical (unpaired) electrons. The van der Waals surface area contributed by atoms with Crippen LogP contribution in [0.5, 0.6) is 0 Å². The van der Waals surface area contributed by atoms with Gasteiger partial charge in [-0.15, -0.1) is 0 Å². The number of halogens is 4. The number of anilines is 1. The summed E-state index contributed by atoms with van der Waals surface area (Å²) in [5, 5.41) is 7.12. The number of carbonyl (C=O) groups is 2. The second-order valence-corrected chi connectivity index (χ2v) is 8.87. The van der Waals surface area contributed by atoms with Gasteiger partial charge in [-0.2, -0.15) is 13.2 Å². The topological polar surface area (TPSA) is 78.7 Å². The molecule has 11 heteroatoms. The molecule has 2 aromatic heterocycles. The van der Waals surface area contributed by atoms with Gasteiger partial charge in [0.15, 0.2) is 5.82 Å². The van der Waals surface area contributed by atoms with E-state index in [2.05, 4.69) is 45.8 Å². The highest BCUT2D eigenvalue weighted by atomic mass is 19.4. The molecule has 1 spiro atoms. The summed E-state index contributed by atoms with van der Waals surface area (Å²) in [5.41, 5.74) is 2.10. The van der Waals surface area contributed by atoms with Crippen LogP contribution in [0.3, 0.4) is 0 Å². The second-order valence-electron chi connectivity index (χ2n) is 8.87. The molecule has 1 aliphatic carbocycles. The Morgan fingerprint density at radius 3 is 2.56 bits per heavy atom. The summed E-state index contributed by atoms with van der Waals surface area (Å²) in [5.74, 6) is -1.79. The Hall–Kier alpha value is -3.11. The van der Waals surface area contributed by atoms with E-state index < -0.39 is 18.3 Å². The van der Waals surface area contributed by atoms with Crippen molar-refractivity contribution in [3.63, 3.8) is 0 Å². The lowest BCUT2D eigenvalue weighted by atomic mass is 9.82. The minimum absolute atomic E-state index is 0.126. The zero-order valence-corrected chi connectivity index (χ0v) is 18.6. The molecule has 1 amide bonds. The van der Waals surface area contributed by atoms with Gasteiger partial charge in [0, 0.05) is 37.9 Å². The quantitative estimate of drug-likeness (QED) is 0.672. The first-order valence-corrected chi connectivity index (χ1v) is 11.2. The van der Waals surface area contributed by atoms with Gasteiger partial charge in [-0.05, 0) is 49.9 Å². The van der Waals surface area contributed by atoms with E-state index in [9.17, 15) is 22.4 Å². The van der Waals surface area contributed by atoms with Gasteiger partial charge in [-0.3, -0.25) is 4.79 Å². The highest BCUT2D eigenvalue weighted by molar-refractivity contribution is 5.81. The summed E-state index contributed by atoms with van der Waals surface area (Å²) in [6.07, 6.45) is 0.723. The van der Waals surface area contributed by atoms with Gasteiger partial charge in [-0.1, -0.05) is 6.92 Å². The van der Waals surface area contributed by atoms with E-state index in [1.165, 1.54) is 5.69 Å². The molecule has 1 saturated heterocycles. The zero-order chi connectivity index (χ0) is 24.7. The molecular weight excluding hydrogens is 456 g/mol. The molecule has 1 atom stereocenters. The van der Waals surface area contributed by atoms with Crippen LogP contribution in [0.1, 0.15) is 38.3 Å². The first-order valence-electron chi connectivity index (χ1n) is 11.2. The number of aliphatic carboxylic acids is 1. The maximum atomic E-state index is 13.3. The van der Waals surface area contributed by atoms with Crippen LogP contribution < -0.4 is 4.90 Å². The lowest BCUT2D eigenvalue weighted by Crippen LogP contribution is -2.53. The van der Waals surface area contributed by atoms with E-state index in [0.29, 0.717) is 19.4 Å². The summed E-state index contributed by atoms with van der Waals surface area (Å²) >= 11 is 0. The number of alkyl halides is 4. The smallest absolute Gasteiger partial charge is 0.475 e. The van der Waals surface area contributed by atoms with Crippen LogP contribution in [-0.4, -0.2) is 63.4 Å². The van der Waals surface area contributed by atoms with Gasteiger partial charge in [0.1, 0.15) is 11.7 Å². The molecule has 2 fully saturated rings. The standard InChI is InChI=1S/C21H25FN4O.C2HF3O2/c1-2-9-26-17-5-3-8-23-19(17)25-10-4-6-18(25)21(26)7-11-24(14-21)20(27)15-12-16(22)13-15;3-2(4,5)1(6)7/h3-6,8,10,15-16H,2,7,9,11-14H2,1H3;(H,6,7). The highest BCUT2D eigenvalue weighted by Crippen LogP contribution is 2.47. The highest BCUT2D eigenvalue weighted by Gasteiger charge is 2.51. The number of pyridine rings is 1. The van der Waals surface area contributed by atoms with Crippen LogP contribution in [0.15, 0.2) is 36.7 Å². The molecule has 34 heavy (non-hydrogen) atoms. The first kappa shape index (κ1) is 24.0. The molecule has 184 valence electrons. The van der Waals surface area contributed by atoms with E-state index in [-0.39, 0.29) is 17.4 Å². The molecule has 1 N–H and O–H groups in total. The number of carboxylic acids is 1. The Labute approximate surface area is 194 Å². The molecular formula is C23H26F4N4O3. The Morgan fingerprint density at radius 1 is 1.24 bits per heavy atom. The first-order chi connectivity index (χ1) is 16.1. The van der Waals surface area contributed by atoms with Crippen LogP contribution in [0.2, 0.25) is 0 Å². The lowest BCUT2D eigenvalue weighted by molar-refractivity contribution is -0.192. The number of aromatic nitrogens is 2. The fourth-order valence-electron chi connectivity index (χ4n) is 5.08. The van der Waals surface area contributed by atoms with E-state index >= 15 is 0 Å². The van der Waals surface area contributed by atoms with E-state index in [1.54, 1.807) is 0 Å². The SMILES string of the molecule is CCCN1c2cccnc2-n2cccc2C12CCN(C(=O)C1CC(F)C1)C2.O=C(O)C(F)(F)F. The zero-order valence-electron chi connectivity index (χ0n) is 18.6. The Morgan fingerprint density at radius 2 is 1.94 bits per heavy atom. The third-order valence-electron chi connectivity index (χ3n) is 6.71. The largest absolute Gasteiger partial charge is 0.490 e. The normalized spacial score (nSPS) is 25.2. The van der Waals surface area contributed by atoms with Crippen molar-refractivity contribution < 1.29 is 32.3 Å². The number of nitrogens with zero attached hydrogens (tertiary/aromatic N) is 4. The van der Waals surface area contributed by atoms with Crippen molar-refractivity contribution in [3.05, 3.63) is 42.4 Å². The summed E-state index contributed by atoms with van der Waals surface area (Å²) in [6, 6.07) is 8.34. The molecule has 7 nitrogen and oxygen atoms in total. The van der Waals surface area contributed by atoms with Gasteiger partial charge in [0.25, 0.3) is 0 Å². The lowest BCUT2D eigenvalue weighted by Gasteiger charge is -2.47. The number of hydrogen-bond acceptors (Lipinski definition) is 4. The number of likely N-dealkylation sites (tertiary alicyclic amines) is 1. The van der Waals surface area contributed by atoms with E-state index in [4.69, 9.17) is 9.90 Å². The van der Waals surface area contributed by atoms with Crippen molar-refractivity contribution in [2.24, 2.45) is 5.92 Å². The second kappa shape index (κ2) is 8.92. The Kier molecular flexibility index (Phi) is 6.30. The maximum absolute atomic E-state index is 13.3. The molecule has 0 bridgehead atoms. The van der Waals surface area contributed by atoms with Gasteiger partial charge < -0.3 is 19.5 Å². The molecule has 5 rings (SSSR count). The van der Waals surface area contributed by atoms with Crippen molar-refractivity contribution in [2.45, 2.75) is 50.5 Å². The van der Waals surface area contributed by atoms with Crippen LogP contribution in [0.4, 0.5) is 23.2 Å². The van der Waals surface area contributed by atoms with Crippen molar-refractivity contribution >= 4 is 17.6 Å². The summed E-state index contributed by atoms with van der Waals surface area (Å²) in [6.45, 7) is 4.50. The fourth-order valence-corrected chi connectivity index (χ4v) is 5.08. The number of fused-ring (bicyclic) bond motifs is 4. The predicted octanol–water partition coefficient (Wildman–Crippen LogP) is 3.91. The van der Waals surface area contributed by atoms with Crippen molar-refractivity contribution in [2.75, 3.05) is 24.5 Å². The predicted molar refractivity (Wildman–Crippen MR) is 115 cm³/mol. The third kappa shape index (κ3) is 4.12. The minimum Gasteiger partial charge on any atom is -0.475 e. The fraction of sp³-hybridized carbons (Fsp3) is 0.522. The summed E-state index contributed by atoms with van der Waals surface area (Å²) in [4.78, 5) is 30.8. The van der Waals surface area contributed by atoms with Crippen LogP contribution >= 0.6 is 0 Å². The molecule has 1 unspecified atom stereocenters. The van der Waals surface area contributed by atoms with Crippen molar-refractivity contribution in [3.8, 4) is 5.82 Å². The number of carbonyl (C=O) groups excluding carboxylic acids is 1. The summed E-state index contributed by atoms with van der Waals surface area (Å²) in [7, 11) is 0. The molecule has 4 heterocycles. The van der Waals surface area contributed by atoms with Crippen molar-refractivity contribution in [1.29, 1.82) is 0 Å². The van der Waals surface area contributed by atoms with E-state index in [1.807, 2.05) is 17.2 Å². The number of amides is 1. The molecule has 3 aliphatic rings. The van der Waals surface area contributed by atoms with Gasteiger partial charge in [-0.25, -0.2) is 14.2 Å². The van der Waals surface area contributed by atoms with Gasteiger partial charge >= 0.3 is 12.1 Å². The molecule has 2 aromatic rings. The molecule has 0 aromatic carbocycles. The number of hydrogen-bond donors (Lipinski definition) is 1. The maximum Gasteiger partial charge on any atom is 0.490 e. The summed E-state index contributed by atoms with van der Waals surface area (Å²) < 4.78 is 47.2. The Bertz CT molecular complexity index is 1070. The number of carboxylic acid groups (broad SMARTS) is 1.